The van der Waals surface area contributed by atoms with Gasteiger partial charge in [0.25, 0.3) is 5.56 Å². The molecule has 1 N–H and O–H groups in total. The summed E-state index contributed by atoms with van der Waals surface area (Å²) in [5.74, 6) is -0.988. The minimum Gasteiger partial charge on any atom is -0.480 e. The van der Waals surface area contributed by atoms with Crippen LogP contribution in [0, 0.1) is 0 Å². The Morgan fingerprint density at radius 3 is 2.67 bits per heavy atom. The molecule has 0 bridgehead atoms. The fraction of sp³-hybridized carbons (Fsp3) is 0.375. The van der Waals surface area contributed by atoms with Gasteiger partial charge in [-0.05, 0) is 30.5 Å². The van der Waals surface area contributed by atoms with E-state index in [1.54, 1.807) is 17.7 Å². The lowest BCUT2D eigenvalue weighted by molar-refractivity contribution is -0.137. The number of hydrogen-bond donors (Lipinski definition) is 1. The first-order chi connectivity index (χ1) is 11.3. The maximum Gasteiger partial charge on any atom is 0.353 e. The summed E-state index contributed by atoms with van der Waals surface area (Å²) in [6.45, 7) is -0.688. The molecule has 0 fully saturated rings. The molecule has 8 nitrogen and oxygen atoms in total. The standard InChI is InChI=1S/C16H18N4O4/c1-18(2)10-5-4-9-6-11-14(19(3)12(9)7-10)17-16(24)20(15(11)23)8-13(21)22/h6-7H,4-5,8H2,1-3H3,(H,21,22). The van der Waals surface area contributed by atoms with E-state index in [1.165, 1.54) is 0 Å². The van der Waals surface area contributed by atoms with Crippen LogP contribution < -0.4 is 11.2 Å². The highest BCUT2D eigenvalue weighted by molar-refractivity contribution is 5.68. The number of fused-ring (bicyclic) bond motifs is 2. The van der Waals surface area contributed by atoms with Crippen molar-refractivity contribution < 1.29 is 9.90 Å². The maximum absolute atomic E-state index is 12.5. The third kappa shape index (κ3) is 2.49. The van der Waals surface area contributed by atoms with Crippen LogP contribution in [0.5, 0.6) is 0 Å². The summed E-state index contributed by atoms with van der Waals surface area (Å²) in [6.07, 6.45) is 3.63. The van der Waals surface area contributed by atoms with Crippen LogP contribution in [-0.2, 0) is 24.8 Å². The molecule has 24 heavy (non-hydrogen) atoms. The zero-order chi connectivity index (χ0) is 17.6. The van der Waals surface area contributed by atoms with E-state index in [1.807, 2.05) is 25.1 Å². The molecule has 3 aliphatic rings. The van der Waals surface area contributed by atoms with Crippen molar-refractivity contribution in [3.63, 3.8) is 0 Å². The Labute approximate surface area is 137 Å². The predicted molar refractivity (Wildman–Crippen MR) is 88.0 cm³/mol. The number of allylic oxidation sites excluding steroid dienone is 1. The predicted octanol–water partition coefficient (Wildman–Crippen LogP) is -0.0199. The summed E-state index contributed by atoms with van der Waals surface area (Å²) in [4.78, 5) is 41.4. The molecule has 0 aromatic rings. The van der Waals surface area contributed by atoms with Crippen LogP contribution in [0.1, 0.15) is 17.7 Å². The first kappa shape index (κ1) is 16.0. The van der Waals surface area contributed by atoms with E-state index >= 15 is 0 Å². The first-order valence-electron chi connectivity index (χ1n) is 7.52. The first-order valence-corrected chi connectivity index (χ1v) is 7.52. The highest BCUT2D eigenvalue weighted by Gasteiger charge is 2.23. The van der Waals surface area contributed by atoms with Gasteiger partial charge in [-0.1, -0.05) is 0 Å². The molecule has 8 heteroatoms. The molecule has 0 saturated heterocycles. The molecule has 0 saturated carbocycles. The number of rotatable bonds is 3. The Hall–Kier alpha value is -2.90. The molecule has 0 amide bonds. The number of aliphatic carboxylic acids is 1. The van der Waals surface area contributed by atoms with Gasteiger partial charge in [-0.25, -0.2) is 9.36 Å². The van der Waals surface area contributed by atoms with Gasteiger partial charge in [-0.2, -0.15) is 4.98 Å². The van der Waals surface area contributed by atoms with Gasteiger partial charge in [0.2, 0.25) is 0 Å². The number of aryl methyl sites for hydroxylation is 1. The molecular weight excluding hydrogens is 312 g/mol. The van der Waals surface area contributed by atoms with Crippen molar-refractivity contribution in [3.8, 4) is 11.4 Å². The molecule has 0 radical (unpaired) electrons. The number of aromatic nitrogens is 3. The molecule has 2 heterocycles. The lowest BCUT2D eigenvalue weighted by Crippen LogP contribution is -2.40. The second-order valence-electron chi connectivity index (χ2n) is 6.06. The molecular formula is C16H18N4O4. The zero-order valence-corrected chi connectivity index (χ0v) is 13.7. The summed E-state index contributed by atoms with van der Waals surface area (Å²) < 4.78 is 2.38. The molecule has 0 spiro atoms. The molecule has 2 aliphatic heterocycles. The highest BCUT2D eigenvalue weighted by Crippen LogP contribution is 2.29. The normalized spacial score (nSPS) is 13.5. The Kier molecular flexibility index (Phi) is 3.75. The van der Waals surface area contributed by atoms with E-state index in [-0.39, 0.29) is 11.4 Å². The van der Waals surface area contributed by atoms with Gasteiger partial charge in [-0.15, -0.1) is 0 Å². The third-order valence-electron chi connectivity index (χ3n) is 4.30. The van der Waals surface area contributed by atoms with Crippen molar-refractivity contribution in [2.45, 2.75) is 19.4 Å². The van der Waals surface area contributed by atoms with Crippen LogP contribution in [0.25, 0.3) is 17.5 Å². The van der Waals surface area contributed by atoms with Crippen molar-refractivity contribution in [1.29, 1.82) is 0 Å². The highest BCUT2D eigenvalue weighted by atomic mass is 16.4. The second-order valence-corrected chi connectivity index (χ2v) is 6.06. The molecule has 0 aromatic carbocycles. The fourth-order valence-corrected chi connectivity index (χ4v) is 3.01. The maximum atomic E-state index is 12.5. The van der Waals surface area contributed by atoms with E-state index in [0.29, 0.717) is 4.57 Å². The Balaban J connectivity index is 2.30. The van der Waals surface area contributed by atoms with Gasteiger partial charge < -0.3 is 14.6 Å². The van der Waals surface area contributed by atoms with Crippen molar-refractivity contribution >= 4 is 12.0 Å². The zero-order valence-electron chi connectivity index (χ0n) is 13.7. The van der Waals surface area contributed by atoms with E-state index in [2.05, 4.69) is 4.98 Å². The second kappa shape index (κ2) is 5.63. The molecule has 0 unspecified atom stereocenters. The summed E-state index contributed by atoms with van der Waals surface area (Å²) in [5, 5.41) is 8.87. The van der Waals surface area contributed by atoms with Gasteiger partial charge in [0.05, 0.1) is 5.56 Å². The fourth-order valence-electron chi connectivity index (χ4n) is 3.01. The van der Waals surface area contributed by atoms with Gasteiger partial charge in [0.15, 0.2) is 5.82 Å². The number of carboxylic acid groups (broad SMARTS) is 1. The van der Waals surface area contributed by atoms with Gasteiger partial charge in [0.1, 0.15) is 6.54 Å². The van der Waals surface area contributed by atoms with Crippen LogP contribution in [0.2, 0.25) is 0 Å². The lowest BCUT2D eigenvalue weighted by Gasteiger charge is -2.26. The largest absolute Gasteiger partial charge is 0.480 e. The molecule has 0 atom stereocenters. The number of carboxylic acids is 1. The molecule has 3 rings (SSSR count). The lowest BCUT2D eigenvalue weighted by atomic mass is 9.96. The van der Waals surface area contributed by atoms with E-state index in [0.717, 1.165) is 29.8 Å². The van der Waals surface area contributed by atoms with Gasteiger partial charge in [-0.3, -0.25) is 9.59 Å². The average molecular weight is 330 g/mol. The summed E-state index contributed by atoms with van der Waals surface area (Å²) in [5.41, 5.74) is 1.83. The number of hydrogen-bond acceptors (Lipinski definition) is 5. The van der Waals surface area contributed by atoms with Crippen LogP contribution >= 0.6 is 0 Å². The topological polar surface area (TPSA) is 97.4 Å². The van der Waals surface area contributed by atoms with Crippen LogP contribution in [0.4, 0.5) is 0 Å². The molecule has 126 valence electrons. The van der Waals surface area contributed by atoms with Crippen molar-refractivity contribution in [2.75, 3.05) is 14.1 Å². The van der Waals surface area contributed by atoms with Crippen LogP contribution in [0.3, 0.4) is 0 Å². The van der Waals surface area contributed by atoms with Gasteiger partial charge in [0, 0.05) is 32.5 Å². The molecule has 0 aromatic heterocycles. The average Bonchev–Trinajstić information content (AvgIpc) is 2.52. The quantitative estimate of drug-likeness (QED) is 0.849. The summed E-state index contributed by atoms with van der Waals surface area (Å²) in [7, 11) is 5.69. The van der Waals surface area contributed by atoms with E-state index < -0.39 is 23.8 Å². The Morgan fingerprint density at radius 2 is 2.04 bits per heavy atom. The third-order valence-corrected chi connectivity index (χ3v) is 4.30. The Morgan fingerprint density at radius 1 is 1.33 bits per heavy atom. The van der Waals surface area contributed by atoms with E-state index in [4.69, 9.17) is 5.11 Å². The van der Waals surface area contributed by atoms with E-state index in [9.17, 15) is 14.4 Å². The van der Waals surface area contributed by atoms with Crippen molar-refractivity contribution in [1.82, 2.24) is 19.0 Å². The Bertz CT molecular complexity index is 952. The number of carbonyl (C=O) groups is 1. The number of nitrogens with zero attached hydrogens (tertiary/aromatic N) is 4. The monoisotopic (exact) mass is 330 g/mol. The number of pyridine rings is 1. The smallest absolute Gasteiger partial charge is 0.353 e. The van der Waals surface area contributed by atoms with Crippen molar-refractivity contribution in [3.05, 3.63) is 43.9 Å². The molecule has 1 aliphatic carbocycles. The summed E-state index contributed by atoms with van der Waals surface area (Å²) >= 11 is 0. The van der Waals surface area contributed by atoms with Crippen molar-refractivity contribution in [2.24, 2.45) is 7.05 Å². The summed E-state index contributed by atoms with van der Waals surface area (Å²) in [6, 6.07) is 1.72. The van der Waals surface area contributed by atoms with Gasteiger partial charge >= 0.3 is 11.7 Å². The minimum absolute atomic E-state index is 0.263. The SMILES string of the molecule is CN(C)C1=Cc2c(cc3c(=O)n(CC(=O)O)c(=O)nc-3n2C)CC1. The van der Waals surface area contributed by atoms with Crippen LogP contribution in [-0.4, -0.2) is 44.2 Å². The van der Waals surface area contributed by atoms with Crippen LogP contribution in [0.15, 0.2) is 21.4 Å². The minimum atomic E-state index is -1.25.